The topological polar surface area (TPSA) is 40.6 Å². The largest absolute Gasteiger partial charge is 0.341 e. The first-order valence-electron chi connectivity index (χ1n) is 7.52. The number of likely N-dealkylation sites (tertiary alicyclic amines) is 1. The maximum absolute atomic E-state index is 13.5. The lowest BCUT2D eigenvalue weighted by Crippen LogP contribution is -2.48. The average Bonchev–Trinajstić information content (AvgIpc) is 3.16. The molecule has 22 heavy (non-hydrogen) atoms. The lowest BCUT2D eigenvalue weighted by Gasteiger charge is -2.30. The minimum atomic E-state index is -0.436. The Morgan fingerprint density at radius 1 is 1.27 bits per heavy atom. The van der Waals surface area contributed by atoms with E-state index in [9.17, 15) is 14.0 Å². The molecule has 2 saturated heterocycles. The van der Waals surface area contributed by atoms with Crippen LogP contribution in [0.3, 0.4) is 0 Å². The molecule has 2 heterocycles. The molecule has 4 nitrogen and oxygen atoms in total. The van der Waals surface area contributed by atoms with E-state index >= 15 is 0 Å². The fourth-order valence-corrected chi connectivity index (χ4v) is 4.61. The van der Waals surface area contributed by atoms with Crippen molar-refractivity contribution in [3.63, 3.8) is 0 Å². The summed E-state index contributed by atoms with van der Waals surface area (Å²) in [6.45, 7) is 3.02. The van der Waals surface area contributed by atoms with Crippen LogP contribution in [0, 0.1) is 5.82 Å². The summed E-state index contributed by atoms with van der Waals surface area (Å²) in [6.07, 6.45) is 2.05. The van der Waals surface area contributed by atoms with E-state index < -0.39 is 6.04 Å². The van der Waals surface area contributed by atoms with E-state index in [1.807, 2.05) is 4.90 Å². The van der Waals surface area contributed by atoms with E-state index in [2.05, 4.69) is 0 Å². The van der Waals surface area contributed by atoms with E-state index in [-0.39, 0.29) is 23.0 Å². The van der Waals surface area contributed by atoms with Gasteiger partial charge in [0.2, 0.25) is 11.8 Å². The first-order chi connectivity index (χ1) is 10.6. The predicted octanol–water partition coefficient (Wildman–Crippen LogP) is 2.41. The van der Waals surface area contributed by atoms with Crippen LogP contribution in [-0.4, -0.2) is 46.5 Å². The average molecular weight is 322 g/mol. The van der Waals surface area contributed by atoms with Gasteiger partial charge in [-0.15, -0.1) is 11.8 Å². The van der Waals surface area contributed by atoms with Crippen LogP contribution in [0.5, 0.6) is 0 Å². The van der Waals surface area contributed by atoms with Gasteiger partial charge in [-0.05, 0) is 30.5 Å². The van der Waals surface area contributed by atoms with Crippen LogP contribution in [0.25, 0.3) is 0 Å². The highest BCUT2D eigenvalue weighted by Gasteiger charge is 2.42. The van der Waals surface area contributed by atoms with Crippen molar-refractivity contribution < 1.29 is 14.0 Å². The van der Waals surface area contributed by atoms with Crippen LogP contribution in [0.15, 0.2) is 24.3 Å². The van der Waals surface area contributed by atoms with Gasteiger partial charge in [-0.1, -0.05) is 12.1 Å². The Labute approximate surface area is 133 Å². The molecular formula is C16H19FN2O2S. The number of rotatable bonds is 2. The summed E-state index contributed by atoms with van der Waals surface area (Å²) in [7, 11) is 0. The van der Waals surface area contributed by atoms with Crippen LogP contribution in [0.4, 0.5) is 4.39 Å². The first kappa shape index (κ1) is 15.3. The fraction of sp³-hybridized carbons (Fsp3) is 0.500. The molecule has 118 valence electrons. The molecule has 2 fully saturated rings. The molecule has 0 aromatic heterocycles. The monoisotopic (exact) mass is 322 g/mol. The smallest absolute Gasteiger partial charge is 0.246 e. The van der Waals surface area contributed by atoms with Crippen molar-refractivity contribution in [3.8, 4) is 0 Å². The Morgan fingerprint density at radius 2 is 2.00 bits per heavy atom. The lowest BCUT2D eigenvalue weighted by atomic mass is 10.1. The molecule has 2 amide bonds. The third-order valence-corrected chi connectivity index (χ3v) is 5.52. The van der Waals surface area contributed by atoms with E-state index in [1.165, 1.54) is 30.8 Å². The third kappa shape index (κ3) is 2.84. The molecule has 2 aliphatic heterocycles. The Balaban J connectivity index is 1.84. The molecule has 0 saturated carbocycles. The summed E-state index contributed by atoms with van der Waals surface area (Å²) in [5.74, 6) is 0.127. The standard InChI is InChI=1S/C16H19FN2O2S/c1-11(20)19-14(15(21)18-7-2-3-8-18)10-22-16(19)12-5-4-6-13(17)9-12/h4-6,9,14,16H,2-3,7-8,10H2,1H3. The molecule has 2 unspecified atom stereocenters. The van der Waals surface area contributed by atoms with E-state index in [0.29, 0.717) is 5.75 Å². The number of benzene rings is 1. The van der Waals surface area contributed by atoms with Gasteiger partial charge in [0.1, 0.15) is 17.2 Å². The van der Waals surface area contributed by atoms with Gasteiger partial charge in [-0.25, -0.2) is 4.39 Å². The quantitative estimate of drug-likeness (QED) is 0.839. The normalized spacial score (nSPS) is 24.8. The number of thioether (sulfide) groups is 1. The Kier molecular flexibility index (Phi) is 4.38. The number of hydrogen-bond acceptors (Lipinski definition) is 3. The van der Waals surface area contributed by atoms with Crippen LogP contribution in [0.1, 0.15) is 30.7 Å². The minimum absolute atomic E-state index is 0.0269. The second kappa shape index (κ2) is 6.28. The van der Waals surface area contributed by atoms with Gasteiger partial charge in [0, 0.05) is 25.8 Å². The maximum atomic E-state index is 13.5. The first-order valence-corrected chi connectivity index (χ1v) is 8.57. The summed E-state index contributed by atoms with van der Waals surface area (Å²) in [5, 5.41) is -0.287. The molecule has 1 aromatic rings. The van der Waals surface area contributed by atoms with Crippen molar-refractivity contribution in [2.75, 3.05) is 18.8 Å². The van der Waals surface area contributed by atoms with E-state index in [1.54, 1.807) is 17.0 Å². The van der Waals surface area contributed by atoms with Crippen molar-refractivity contribution in [2.45, 2.75) is 31.2 Å². The molecule has 6 heteroatoms. The van der Waals surface area contributed by atoms with Gasteiger partial charge in [-0.3, -0.25) is 9.59 Å². The number of hydrogen-bond donors (Lipinski definition) is 0. The zero-order valence-electron chi connectivity index (χ0n) is 12.5. The van der Waals surface area contributed by atoms with E-state index in [0.717, 1.165) is 31.5 Å². The van der Waals surface area contributed by atoms with Gasteiger partial charge < -0.3 is 9.80 Å². The molecule has 0 aliphatic carbocycles. The van der Waals surface area contributed by atoms with Crippen molar-refractivity contribution in [3.05, 3.63) is 35.6 Å². The summed E-state index contributed by atoms with van der Waals surface area (Å²) in [4.78, 5) is 28.2. The van der Waals surface area contributed by atoms with Crippen LogP contribution in [0.2, 0.25) is 0 Å². The van der Waals surface area contributed by atoms with Crippen molar-refractivity contribution in [2.24, 2.45) is 0 Å². The van der Waals surface area contributed by atoms with Gasteiger partial charge in [0.25, 0.3) is 0 Å². The summed E-state index contributed by atoms with van der Waals surface area (Å²) < 4.78 is 13.5. The Hall–Kier alpha value is -1.56. The molecule has 0 N–H and O–H groups in total. The van der Waals surface area contributed by atoms with Crippen molar-refractivity contribution in [1.82, 2.24) is 9.80 Å². The maximum Gasteiger partial charge on any atom is 0.246 e. The summed E-state index contributed by atoms with van der Waals surface area (Å²) in [5.41, 5.74) is 0.733. The molecule has 2 atom stereocenters. The zero-order chi connectivity index (χ0) is 15.7. The second-order valence-electron chi connectivity index (χ2n) is 5.72. The number of nitrogens with zero attached hydrogens (tertiary/aromatic N) is 2. The summed E-state index contributed by atoms with van der Waals surface area (Å²) in [6, 6.07) is 5.83. The van der Waals surface area contributed by atoms with Crippen molar-refractivity contribution >= 4 is 23.6 Å². The molecule has 0 spiro atoms. The molecule has 1 aromatic carbocycles. The van der Waals surface area contributed by atoms with E-state index in [4.69, 9.17) is 0 Å². The van der Waals surface area contributed by atoms with Gasteiger partial charge in [-0.2, -0.15) is 0 Å². The molecule has 3 rings (SSSR count). The fourth-order valence-electron chi connectivity index (χ4n) is 3.15. The van der Waals surface area contributed by atoms with Crippen LogP contribution in [-0.2, 0) is 9.59 Å². The third-order valence-electron chi connectivity index (χ3n) is 4.20. The van der Waals surface area contributed by atoms with Crippen molar-refractivity contribution in [1.29, 1.82) is 0 Å². The highest BCUT2D eigenvalue weighted by atomic mass is 32.2. The highest BCUT2D eigenvalue weighted by Crippen LogP contribution is 2.42. The van der Waals surface area contributed by atoms with Crippen LogP contribution >= 0.6 is 11.8 Å². The minimum Gasteiger partial charge on any atom is -0.341 e. The van der Waals surface area contributed by atoms with Crippen LogP contribution < -0.4 is 0 Å². The number of halogens is 1. The Bertz CT molecular complexity index is 589. The predicted molar refractivity (Wildman–Crippen MR) is 83.7 cm³/mol. The molecule has 2 aliphatic rings. The van der Waals surface area contributed by atoms with Gasteiger partial charge in [0.15, 0.2) is 0 Å². The number of amides is 2. The SMILES string of the molecule is CC(=O)N1C(C(=O)N2CCCC2)CSC1c1cccc(F)c1. The van der Waals surface area contributed by atoms with Gasteiger partial charge in [0.05, 0.1) is 0 Å². The van der Waals surface area contributed by atoms with Gasteiger partial charge >= 0.3 is 0 Å². The number of carbonyl (C=O) groups is 2. The Morgan fingerprint density at radius 3 is 2.64 bits per heavy atom. The number of carbonyl (C=O) groups excluding carboxylic acids is 2. The molecule has 0 radical (unpaired) electrons. The lowest BCUT2D eigenvalue weighted by molar-refractivity contribution is -0.143. The second-order valence-corrected chi connectivity index (χ2v) is 6.83. The highest BCUT2D eigenvalue weighted by molar-refractivity contribution is 7.99. The zero-order valence-corrected chi connectivity index (χ0v) is 13.3. The molecular weight excluding hydrogens is 303 g/mol. The summed E-state index contributed by atoms with van der Waals surface area (Å²) >= 11 is 1.53. The molecule has 0 bridgehead atoms.